The number of para-hydroxylation sites is 1. The topological polar surface area (TPSA) is 64.0 Å². The van der Waals surface area contributed by atoms with Gasteiger partial charge < -0.3 is 5.32 Å². The average molecular weight is 436 g/mol. The Bertz CT molecular complexity index is 1360. The van der Waals surface area contributed by atoms with Crippen molar-refractivity contribution in [2.24, 2.45) is 0 Å². The summed E-state index contributed by atoms with van der Waals surface area (Å²) in [5.74, 6) is -0.864. The van der Waals surface area contributed by atoms with Gasteiger partial charge in [-0.25, -0.2) is 9.18 Å². The molecule has 0 fully saturated rings. The van der Waals surface area contributed by atoms with Crippen LogP contribution in [0.2, 0.25) is 5.02 Å². The van der Waals surface area contributed by atoms with Gasteiger partial charge in [0.1, 0.15) is 12.4 Å². The first-order chi connectivity index (χ1) is 14.8. The molecule has 0 aliphatic carbocycles. The number of aryl methyl sites for hydroxylation is 2. The van der Waals surface area contributed by atoms with Gasteiger partial charge in [0.05, 0.1) is 11.2 Å². The number of nitrogens with zero attached hydrogens (tertiary/aromatic N) is 2. The van der Waals surface area contributed by atoms with E-state index in [-0.39, 0.29) is 23.7 Å². The largest absolute Gasteiger partial charge is 0.349 e. The van der Waals surface area contributed by atoms with E-state index in [0.717, 1.165) is 11.1 Å². The monoisotopic (exact) mass is 435 g/mol. The minimum Gasteiger partial charge on any atom is -0.324 e. The Morgan fingerprint density at radius 3 is 2.48 bits per heavy atom. The molecule has 1 amide bonds. The molecule has 1 aromatic heterocycles. The van der Waals surface area contributed by atoms with Crippen LogP contribution in [0.15, 0.2) is 65.5 Å². The van der Waals surface area contributed by atoms with Crippen molar-refractivity contribution >= 4 is 34.1 Å². The van der Waals surface area contributed by atoms with Gasteiger partial charge in [-0.05, 0) is 55.3 Å². The highest BCUT2D eigenvalue weighted by Crippen LogP contribution is 2.29. The van der Waals surface area contributed by atoms with Crippen molar-refractivity contribution in [2.75, 3.05) is 5.32 Å². The maximum atomic E-state index is 14.4. The van der Waals surface area contributed by atoms with E-state index >= 15 is 0 Å². The number of nitrogens with one attached hydrogen (secondary N) is 1. The molecular weight excluding hydrogens is 417 g/mol. The van der Waals surface area contributed by atoms with Crippen LogP contribution in [0, 0.1) is 19.7 Å². The zero-order valence-electron chi connectivity index (χ0n) is 16.9. The Morgan fingerprint density at radius 2 is 1.77 bits per heavy atom. The van der Waals surface area contributed by atoms with E-state index in [1.54, 1.807) is 36.4 Å². The molecule has 156 valence electrons. The molecule has 0 unspecified atom stereocenters. The number of amides is 1. The molecule has 7 heteroatoms. The third kappa shape index (κ3) is 4.07. The molecule has 0 saturated heterocycles. The van der Waals surface area contributed by atoms with Gasteiger partial charge in [0, 0.05) is 21.7 Å². The average Bonchev–Trinajstić information content (AvgIpc) is 2.73. The number of hydrogen-bond acceptors (Lipinski definition) is 3. The minimum atomic E-state index is -0.648. The lowest BCUT2D eigenvalue weighted by atomic mass is 10.1. The zero-order valence-corrected chi connectivity index (χ0v) is 17.7. The Hall–Kier alpha value is -3.51. The third-order valence-electron chi connectivity index (χ3n) is 5.12. The van der Waals surface area contributed by atoms with E-state index in [1.165, 1.54) is 10.6 Å². The summed E-state index contributed by atoms with van der Waals surface area (Å²) in [5.41, 5.74) is 2.73. The molecule has 4 rings (SSSR count). The standard InChI is InChI=1S/C24H19ClFN3O2/c1-14-6-5-7-15(2)22(14)27-21(30)13-29-20-11-10-16(25)12-18(20)23(28-24(29)31)17-8-3-4-9-19(17)26/h3-12H,13H2,1-2H3,(H,27,30). The van der Waals surface area contributed by atoms with E-state index in [0.29, 0.717) is 21.6 Å². The molecule has 0 spiro atoms. The molecule has 5 nitrogen and oxygen atoms in total. The van der Waals surface area contributed by atoms with Crippen molar-refractivity contribution in [1.29, 1.82) is 0 Å². The van der Waals surface area contributed by atoms with E-state index in [9.17, 15) is 14.0 Å². The fourth-order valence-corrected chi connectivity index (χ4v) is 3.77. The molecule has 0 aliphatic heterocycles. The number of fused-ring (bicyclic) bond motifs is 1. The van der Waals surface area contributed by atoms with Crippen molar-refractivity contribution in [3.8, 4) is 11.3 Å². The Labute approximate surface area is 183 Å². The van der Waals surface area contributed by atoms with Gasteiger partial charge in [-0.15, -0.1) is 0 Å². The van der Waals surface area contributed by atoms with Gasteiger partial charge in [0.2, 0.25) is 5.91 Å². The third-order valence-corrected chi connectivity index (χ3v) is 5.35. The molecule has 4 aromatic rings. The van der Waals surface area contributed by atoms with Crippen LogP contribution in [0.1, 0.15) is 11.1 Å². The van der Waals surface area contributed by atoms with Crippen LogP contribution in [-0.4, -0.2) is 15.5 Å². The molecule has 0 bridgehead atoms. The summed E-state index contributed by atoms with van der Waals surface area (Å²) in [4.78, 5) is 29.7. The van der Waals surface area contributed by atoms with Gasteiger partial charge in [0.15, 0.2) is 0 Å². The SMILES string of the molecule is Cc1cccc(C)c1NC(=O)Cn1c(=O)nc(-c2ccccc2F)c2cc(Cl)ccc21. The van der Waals surface area contributed by atoms with Crippen LogP contribution in [0.4, 0.5) is 10.1 Å². The number of benzene rings is 3. The van der Waals surface area contributed by atoms with Gasteiger partial charge in [-0.1, -0.05) is 41.9 Å². The lowest BCUT2D eigenvalue weighted by molar-refractivity contribution is -0.116. The van der Waals surface area contributed by atoms with Gasteiger partial charge >= 0.3 is 5.69 Å². The van der Waals surface area contributed by atoms with E-state index in [4.69, 9.17) is 11.6 Å². The summed E-state index contributed by atoms with van der Waals surface area (Å²) >= 11 is 6.17. The van der Waals surface area contributed by atoms with Crippen molar-refractivity contribution < 1.29 is 9.18 Å². The van der Waals surface area contributed by atoms with Crippen LogP contribution >= 0.6 is 11.6 Å². The van der Waals surface area contributed by atoms with Gasteiger partial charge in [0.25, 0.3) is 0 Å². The summed E-state index contributed by atoms with van der Waals surface area (Å²) in [6.45, 7) is 3.56. The fraction of sp³-hybridized carbons (Fsp3) is 0.125. The maximum absolute atomic E-state index is 14.4. The lowest BCUT2D eigenvalue weighted by Crippen LogP contribution is -2.30. The summed E-state index contributed by atoms with van der Waals surface area (Å²) in [6.07, 6.45) is 0. The van der Waals surface area contributed by atoms with Crippen molar-refractivity contribution in [3.63, 3.8) is 0 Å². The summed E-state index contributed by atoms with van der Waals surface area (Å²) in [7, 11) is 0. The fourth-order valence-electron chi connectivity index (χ4n) is 3.60. The first-order valence-corrected chi connectivity index (χ1v) is 10.0. The van der Waals surface area contributed by atoms with Crippen molar-refractivity contribution in [2.45, 2.75) is 20.4 Å². The second kappa shape index (κ2) is 8.32. The van der Waals surface area contributed by atoms with Crippen LogP contribution in [0.25, 0.3) is 22.2 Å². The van der Waals surface area contributed by atoms with Gasteiger partial charge in [-0.3, -0.25) is 9.36 Å². The zero-order chi connectivity index (χ0) is 22.1. The first kappa shape index (κ1) is 20.8. The smallest absolute Gasteiger partial charge is 0.324 e. The molecule has 3 aromatic carbocycles. The number of carbonyl (C=O) groups excluding carboxylic acids is 1. The highest BCUT2D eigenvalue weighted by atomic mass is 35.5. The van der Waals surface area contributed by atoms with Crippen molar-refractivity contribution in [1.82, 2.24) is 9.55 Å². The number of hydrogen-bond donors (Lipinski definition) is 1. The quantitative estimate of drug-likeness (QED) is 0.484. The van der Waals surface area contributed by atoms with Gasteiger partial charge in [-0.2, -0.15) is 4.98 Å². The molecule has 1 heterocycles. The minimum absolute atomic E-state index is 0.187. The number of halogens is 2. The second-order valence-electron chi connectivity index (χ2n) is 7.29. The first-order valence-electron chi connectivity index (χ1n) is 9.66. The Morgan fingerprint density at radius 1 is 1.06 bits per heavy atom. The van der Waals surface area contributed by atoms with Crippen molar-refractivity contribution in [3.05, 3.63) is 93.1 Å². The maximum Gasteiger partial charge on any atom is 0.349 e. The number of aromatic nitrogens is 2. The molecule has 0 aliphatic rings. The Kier molecular flexibility index (Phi) is 5.57. The predicted molar refractivity (Wildman–Crippen MR) is 121 cm³/mol. The van der Waals surface area contributed by atoms with E-state index < -0.39 is 11.5 Å². The molecule has 31 heavy (non-hydrogen) atoms. The predicted octanol–water partition coefficient (Wildman–Crippen LogP) is 5.11. The number of carbonyl (C=O) groups is 1. The summed E-state index contributed by atoms with van der Waals surface area (Å²) < 4.78 is 15.7. The summed E-state index contributed by atoms with van der Waals surface area (Å²) in [6, 6.07) is 16.7. The molecule has 0 saturated carbocycles. The molecular formula is C24H19ClFN3O2. The Balaban J connectivity index is 1.80. The molecule has 0 radical (unpaired) electrons. The van der Waals surface area contributed by atoms with Crippen LogP contribution in [-0.2, 0) is 11.3 Å². The molecule has 1 N–H and O–H groups in total. The van der Waals surface area contributed by atoms with Crippen LogP contribution < -0.4 is 11.0 Å². The highest BCUT2D eigenvalue weighted by molar-refractivity contribution is 6.31. The highest BCUT2D eigenvalue weighted by Gasteiger charge is 2.17. The van der Waals surface area contributed by atoms with E-state index in [1.807, 2.05) is 32.0 Å². The molecule has 0 atom stereocenters. The van der Waals surface area contributed by atoms with E-state index in [2.05, 4.69) is 10.3 Å². The number of anilines is 1. The van der Waals surface area contributed by atoms with Crippen LogP contribution in [0.3, 0.4) is 0 Å². The second-order valence-corrected chi connectivity index (χ2v) is 7.72. The van der Waals surface area contributed by atoms with Crippen LogP contribution in [0.5, 0.6) is 0 Å². The number of rotatable bonds is 4. The summed E-state index contributed by atoms with van der Waals surface area (Å²) in [5, 5.41) is 3.77. The lowest BCUT2D eigenvalue weighted by Gasteiger charge is -2.15. The normalized spacial score (nSPS) is 11.0.